The Kier molecular flexibility index (Phi) is 5.58. The van der Waals surface area contributed by atoms with Crippen molar-refractivity contribution in [3.8, 4) is 0 Å². The van der Waals surface area contributed by atoms with Gasteiger partial charge in [-0.25, -0.2) is 0 Å². The zero-order valence-electron chi connectivity index (χ0n) is 10.4. The van der Waals surface area contributed by atoms with Crippen molar-refractivity contribution >= 4 is 34.5 Å². The van der Waals surface area contributed by atoms with Gasteiger partial charge < -0.3 is 10.4 Å². The standard InChI is InChI=1S/C13H16INO3/c1-8-3-5-10(7-11(8)14)13(18)15-9(2)4-6-12(16)17/h3,5,7,9H,4,6H2,1-2H3,(H,15,18)(H,16,17). The van der Waals surface area contributed by atoms with E-state index < -0.39 is 5.97 Å². The summed E-state index contributed by atoms with van der Waals surface area (Å²) in [5, 5.41) is 11.4. The maximum Gasteiger partial charge on any atom is 0.303 e. The highest BCUT2D eigenvalue weighted by molar-refractivity contribution is 14.1. The molecule has 1 aromatic carbocycles. The fourth-order valence-electron chi connectivity index (χ4n) is 1.45. The van der Waals surface area contributed by atoms with Gasteiger partial charge in [-0.1, -0.05) is 6.07 Å². The molecule has 2 N–H and O–H groups in total. The molecule has 0 aliphatic rings. The Balaban J connectivity index is 2.59. The smallest absolute Gasteiger partial charge is 0.303 e. The second-order valence-corrected chi connectivity index (χ2v) is 5.43. The van der Waals surface area contributed by atoms with Crippen molar-refractivity contribution in [1.82, 2.24) is 5.32 Å². The summed E-state index contributed by atoms with van der Waals surface area (Å²) in [6.45, 7) is 3.79. The van der Waals surface area contributed by atoms with Crippen LogP contribution >= 0.6 is 22.6 Å². The van der Waals surface area contributed by atoms with E-state index >= 15 is 0 Å². The number of carboxylic acid groups (broad SMARTS) is 1. The fraction of sp³-hybridized carbons (Fsp3) is 0.385. The summed E-state index contributed by atoms with van der Waals surface area (Å²) in [7, 11) is 0. The summed E-state index contributed by atoms with van der Waals surface area (Å²) in [4.78, 5) is 22.3. The van der Waals surface area contributed by atoms with Crippen molar-refractivity contribution in [2.24, 2.45) is 0 Å². The lowest BCUT2D eigenvalue weighted by Crippen LogP contribution is -2.33. The third-order valence-corrected chi connectivity index (χ3v) is 3.76. The molecule has 0 bridgehead atoms. The Morgan fingerprint density at radius 1 is 1.44 bits per heavy atom. The molecule has 0 saturated heterocycles. The van der Waals surface area contributed by atoms with Crippen LogP contribution in [0.3, 0.4) is 0 Å². The van der Waals surface area contributed by atoms with Crippen LogP contribution < -0.4 is 5.32 Å². The van der Waals surface area contributed by atoms with Gasteiger partial charge in [-0.15, -0.1) is 0 Å². The lowest BCUT2D eigenvalue weighted by molar-refractivity contribution is -0.137. The van der Waals surface area contributed by atoms with Crippen LogP contribution in [0.2, 0.25) is 0 Å². The van der Waals surface area contributed by atoms with Crippen LogP contribution in [0.4, 0.5) is 0 Å². The lowest BCUT2D eigenvalue weighted by Gasteiger charge is -2.13. The van der Waals surface area contributed by atoms with Crippen LogP contribution in [0.15, 0.2) is 18.2 Å². The quantitative estimate of drug-likeness (QED) is 0.793. The van der Waals surface area contributed by atoms with Crippen molar-refractivity contribution < 1.29 is 14.7 Å². The van der Waals surface area contributed by atoms with Gasteiger partial charge in [0.15, 0.2) is 0 Å². The molecule has 1 unspecified atom stereocenters. The maximum atomic E-state index is 11.9. The highest BCUT2D eigenvalue weighted by Crippen LogP contribution is 2.13. The van der Waals surface area contributed by atoms with Crippen molar-refractivity contribution in [2.45, 2.75) is 32.7 Å². The van der Waals surface area contributed by atoms with Crippen LogP contribution in [0.25, 0.3) is 0 Å². The molecule has 1 aromatic rings. The molecule has 1 rings (SSSR count). The molecule has 0 aromatic heterocycles. The molecule has 0 radical (unpaired) electrons. The number of benzene rings is 1. The maximum absolute atomic E-state index is 11.9. The third kappa shape index (κ3) is 4.64. The monoisotopic (exact) mass is 361 g/mol. The summed E-state index contributed by atoms with van der Waals surface area (Å²) in [5.74, 6) is -1.01. The molecule has 5 heteroatoms. The Bertz CT molecular complexity index is 460. The molecule has 0 spiro atoms. The number of hydrogen-bond donors (Lipinski definition) is 2. The highest BCUT2D eigenvalue weighted by atomic mass is 127. The second-order valence-electron chi connectivity index (χ2n) is 4.27. The zero-order valence-corrected chi connectivity index (χ0v) is 12.5. The van der Waals surface area contributed by atoms with Crippen LogP contribution in [0.5, 0.6) is 0 Å². The molecule has 0 aliphatic heterocycles. The molecule has 0 aliphatic carbocycles. The molecule has 1 amide bonds. The van der Waals surface area contributed by atoms with E-state index in [0.29, 0.717) is 12.0 Å². The topological polar surface area (TPSA) is 66.4 Å². The molecule has 0 heterocycles. The molecule has 18 heavy (non-hydrogen) atoms. The number of aryl methyl sites for hydroxylation is 1. The minimum Gasteiger partial charge on any atom is -0.481 e. The molecule has 4 nitrogen and oxygen atoms in total. The number of hydrogen-bond acceptors (Lipinski definition) is 2. The van der Waals surface area contributed by atoms with Crippen LogP contribution in [0, 0.1) is 10.5 Å². The highest BCUT2D eigenvalue weighted by Gasteiger charge is 2.11. The Labute approximate surface area is 120 Å². The number of carbonyl (C=O) groups excluding carboxylic acids is 1. The van der Waals surface area contributed by atoms with E-state index in [1.165, 1.54) is 0 Å². The predicted octanol–water partition coefficient (Wildman–Crippen LogP) is 2.58. The van der Waals surface area contributed by atoms with Crippen LogP contribution in [-0.4, -0.2) is 23.0 Å². The Morgan fingerprint density at radius 2 is 2.11 bits per heavy atom. The van der Waals surface area contributed by atoms with E-state index in [9.17, 15) is 9.59 Å². The fourth-order valence-corrected chi connectivity index (χ4v) is 1.97. The number of aliphatic carboxylic acids is 1. The van der Waals surface area contributed by atoms with Gasteiger partial charge in [-0.3, -0.25) is 9.59 Å². The second kappa shape index (κ2) is 6.72. The van der Waals surface area contributed by atoms with Gasteiger partial charge in [-0.2, -0.15) is 0 Å². The summed E-state index contributed by atoms with van der Waals surface area (Å²) < 4.78 is 1.04. The third-order valence-electron chi connectivity index (χ3n) is 2.60. The largest absolute Gasteiger partial charge is 0.481 e. The van der Waals surface area contributed by atoms with Crippen LogP contribution in [0.1, 0.15) is 35.7 Å². The minimum absolute atomic E-state index is 0.0624. The number of amides is 1. The van der Waals surface area contributed by atoms with Crippen LogP contribution in [-0.2, 0) is 4.79 Å². The van der Waals surface area contributed by atoms with Gasteiger partial charge in [0, 0.05) is 21.6 Å². The van der Waals surface area contributed by atoms with E-state index in [1.807, 2.05) is 19.1 Å². The number of nitrogens with one attached hydrogen (secondary N) is 1. The zero-order chi connectivity index (χ0) is 13.7. The summed E-state index contributed by atoms with van der Waals surface area (Å²) >= 11 is 2.18. The number of halogens is 1. The first-order valence-electron chi connectivity index (χ1n) is 5.69. The van der Waals surface area contributed by atoms with Gasteiger partial charge in [0.2, 0.25) is 0 Å². The van der Waals surface area contributed by atoms with Crippen molar-refractivity contribution in [3.05, 3.63) is 32.9 Å². The lowest BCUT2D eigenvalue weighted by atomic mass is 10.1. The van der Waals surface area contributed by atoms with Crippen molar-refractivity contribution in [2.75, 3.05) is 0 Å². The first-order chi connectivity index (χ1) is 8.40. The van der Waals surface area contributed by atoms with Gasteiger partial charge >= 0.3 is 5.97 Å². The summed E-state index contributed by atoms with van der Waals surface area (Å²) in [6, 6.07) is 5.36. The normalized spacial score (nSPS) is 11.9. The molecular formula is C13H16INO3. The molecule has 1 atom stereocenters. The number of carboxylic acids is 1. The van der Waals surface area contributed by atoms with E-state index in [2.05, 4.69) is 27.9 Å². The molecule has 0 fully saturated rings. The SMILES string of the molecule is Cc1ccc(C(=O)NC(C)CCC(=O)O)cc1I. The summed E-state index contributed by atoms with van der Waals surface area (Å²) in [5.41, 5.74) is 1.73. The van der Waals surface area contributed by atoms with Crippen molar-refractivity contribution in [1.29, 1.82) is 0 Å². The average molecular weight is 361 g/mol. The van der Waals surface area contributed by atoms with E-state index in [-0.39, 0.29) is 18.4 Å². The number of carbonyl (C=O) groups is 2. The predicted molar refractivity (Wildman–Crippen MR) is 77.7 cm³/mol. The molecule has 0 saturated carbocycles. The molecular weight excluding hydrogens is 345 g/mol. The van der Waals surface area contributed by atoms with E-state index in [0.717, 1.165) is 9.13 Å². The van der Waals surface area contributed by atoms with Gasteiger partial charge in [0.1, 0.15) is 0 Å². The number of rotatable bonds is 5. The first kappa shape index (κ1) is 14.9. The van der Waals surface area contributed by atoms with E-state index in [1.54, 1.807) is 13.0 Å². The van der Waals surface area contributed by atoms with Gasteiger partial charge in [0.25, 0.3) is 5.91 Å². The summed E-state index contributed by atoms with van der Waals surface area (Å²) in [6.07, 6.45) is 0.497. The Hall–Kier alpha value is -1.11. The van der Waals surface area contributed by atoms with Crippen molar-refractivity contribution in [3.63, 3.8) is 0 Å². The minimum atomic E-state index is -0.846. The molecule has 98 valence electrons. The van der Waals surface area contributed by atoms with Gasteiger partial charge in [-0.05, 0) is 60.6 Å². The first-order valence-corrected chi connectivity index (χ1v) is 6.77. The van der Waals surface area contributed by atoms with E-state index in [4.69, 9.17) is 5.11 Å². The average Bonchev–Trinajstić information content (AvgIpc) is 2.30. The van der Waals surface area contributed by atoms with Gasteiger partial charge in [0.05, 0.1) is 0 Å². The Morgan fingerprint density at radius 3 is 2.67 bits per heavy atom.